The summed E-state index contributed by atoms with van der Waals surface area (Å²) in [5.41, 5.74) is 2.58. The van der Waals surface area contributed by atoms with Gasteiger partial charge in [0.15, 0.2) is 5.65 Å². The van der Waals surface area contributed by atoms with Crippen LogP contribution >= 0.6 is 0 Å². The number of hydrogen-bond donors (Lipinski definition) is 1. The van der Waals surface area contributed by atoms with Crippen molar-refractivity contribution in [2.75, 3.05) is 19.8 Å². The Labute approximate surface area is 263 Å². The molecule has 15 heteroatoms. The molecule has 0 unspecified atom stereocenters. The molecule has 0 amide bonds. The molecule has 5 heterocycles. The SMILES string of the molecule is Cc1cnc2c(c1)S(=O)(=O)N(Cc1cc([C@H](CC(=O)O)c3ccn4c(C(F)(F)F)nnc4c3C)ccc1C)CC1(CCOCC1)O2. The normalized spacial score (nSPS) is 18.6. The number of rotatable bonds is 6. The number of aromatic nitrogens is 4. The van der Waals surface area contributed by atoms with Crippen LogP contribution in [0.4, 0.5) is 13.2 Å². The molecule has 0 bridgehead atoms. The molecule has 11 nitrogen and oxygen atoms in total. The number of ether oxygens (including phenoxy) is 2. The first-order chi connectivity index (χ1) is 21.7. The summed E-state index contributed by atoms with van der Waals surface area (Å²) in [7, 11) is -4.08. The summed E-state index contributed by atoms with van der Waals surface area (Å²) < 4.78 is 82.9. The first kappa shape index (κ1) is 31.9. The van der Waals surface area contributed by atoms with Gasteiger partial charge in [-0.25, -0.2) is 13.4 Å². The fourth-order valence-corrected chi connectivity index (χ4v) is 7.88. The van der Waals surface area contributed by atoms with Gasteiger partial charge in [-0.15, -0.1) is 10.2 Å². The predicted molar refractivity (Wildman–Crippen MR) is 158 cm³/mol. The lowest BCUT2D eigenvalue weighted by molar-refractivity contribution is -0.145. The zero-order valence-corrected chi connectivity index (χ0v) is 26.2. The van der Waals surface area contributed by atoms with Crippen LogP contribution in [0.1, 0.15) is 64.4 Å². The summed E-state index contributed by atoms with van der Waals surface area (Å²) in [6.45, 7) is 6.00. The molecule has 0 saturated carbocycles. The lowest BCUT2D eigenvalue weighted by Crippen LogP contribution is -2.50. The Balaban J connectivity index is 1.42. The Morgan fingerprint density at radius 1 is 1.11 bits per heavy atom. The lowest BCUT2D eigenvalue weighted by atomic mass is 9.85. The molecule has 1 saturated heterocycles. The Kier molecular flexibility index (Phi) is 8.05. The Hall–Kier alpha value is -4.08. The second-order valence-corrected chi connectivity index (χ2v) is 13.8. The van der Waals surface area contributed by atoms with E-state index in [2.05, 4.69) is 15.2 Å². The molecule has 6 rings (SSSR count). The highest BCUT2D eigenvalue weighted by Gasteiger charge is 2.45. The van der Waals surface area contributed by atoms with Crippen LogP contribution in [0.2, 0.25) is 0 Å². The fourth-order valence-electron chi connectivity index (χ4n) is 6.24. The van der Waals surface area contributed by atoms with Gasteiger partial charge in [0.05, 0.1) is 26.2 Å². The lowest BCUT2D eigenvalue weighted by Gasteiger charge is -2.38. The third kappa shape index (κ3) is 5.82. The van der Waals surface area contributed by atoms with Crippen molar-refractivity contribution in [1.82, 2.24) is 23.9 Å². The van der Waals surface area contributed by atoms with Crippen molar-refractivity contribution in [2.24, 2.45) is 0 Å². The van der Waals surface area contributed by atoms with E-state index in [-0.39, 0.29) is 35.9 Å². The minimum Gasteiger partial charge on any atom is -0.481 e. The molecule has 1 atom stereocenters. The van der Waals surface area contributed by atoms with E-state index in [1.807, 2.05) is 6.92 Å². The van der Waals surface area contributed by atoms with Gasteiger partial charge in [-0.05, 0) is 66.3 Å². The molecule has 4 aromatic rings. The van der Waals surface area contributed by atoms with Gasteiger partial charge in [0.25, 0.3) is 0 Å². The van der Waals surface area contributed by atoms with Crippen LogP contribution in [0.3, 0.4) is 0 Å². The van der Waals surface area contributed by atoms with Crippen LogP contribution in [0.15, 0.2) is 47.6 Å². The Bertz CT molecular complexity index is 1940. The largest absolute Gasteiger partial charge is 0.481 e. The van der Waals surface area contributed by atoms with Crippen molar-refractivity contribution in [3.8, 4) is 5.88 Å². The van der Waals surface area contributed by atoms with Crippen LogP contribution in [0.25, 0.3) is 5.65 Å². The Morgan fingerprint density at radius 2 is 1.85 bits per heavy atom. The molecule has 3 aromatic heterocycles. The average Bonchev–Trinajstić information content (AvgIpc) is 3.42. The van der Waals surface area contributed by atoms with Crippen molar-refractivity contribution in [2.45, 2.75) is 69.2 Å². The highest BCUT2D eigenvalue weighted by molar-refractivity contribution is 7.89. The summed E-state index contributed by atoms with van der Waals surface area (Å²) in [5.74, 6) is -3.01. The van der Waals surface area contributed by atoms with E-state index in [0.717, 1.165) is 9.96 Å². The van der Waals surface area contributed by atoms with Crippen molar-refractivity contribution in [3.63, 3.8) is 0 Å². The van der Waals surface area contributed by atoms with E-state index < -0.39 is 39.5 Å². The molecule has 2 aliphatic heterocycles. The third-order valence-electron chi connectivity index (χ3n) is 8.75. The van der Waals surface area contributed by atoms with E-state index in [1.165, 1.54) is 16.6 Å². The molecule has 1 fully saturated rings. The number of nitrogens with zero attached hydrogens (tertiary/aromatic N) is 5. The molecular formula is C31H32F3N5O6S. The maximum Gasteiger partial charge on any atom is 0.452 e. The average molecular weight is 660 g/mol. The predicted octanol–water partition coefficient (Wildman–Crippen LogP) is 4.81. The minimum atomic E-state index is -4.73. The highest BCUT2D eigenvalue weighted by atomic mass is 32.2. The molecule has 1 aromatic carbocycles. The zero-order valence-electron chi connectivity index (χ0n) is 25.3. The van der Waals surface area contributed by atoms with E-state index in [4.69, 9.17) is 9.47 Å². The standard InChI is InChI=1S/C31H32F3N5O6S/c1-18-12-25-28(35-15-18)45-30(7-10-44-11-8-30)17-38(46(25,42)43)16-22-13-21(5-4-19(22)2)24(14-26(40)41)23-6-9-39-27(20(23)3)36-37-29(39)31(32,33)34/h4-6,9,12-13,15,24H,7-8,10-11,14,16-17H2,1-3H3,(H,40,41)/t24-/m0/s1. The molecule has 2 aliphatic rings. The van der Waals surface area contributed by atoms with Crippen LogP contribution in [-0.2, 0) is 32.3 Å². The summed E-state index contributed by atoms with van der Waals surface area (Å²) in [6, 6.07) is 8.31. The van der Waals surface area contributed by atoms with Gasteiger partial charge in [0.1, 0.15) is 10.5 Å². The molecule has 244 valence electrons. The van der Waals surface area contributed by atoms with Gasteiger partial charge in [-0.1, -0.05) is 18.2 Å². The maximum absolute atomic E-state index is 14.1. The van der Waals surface area contributed by atoms with Crippen molar-refractivity contribution < 1.29 is 41.0 Å². The Morgan fingerprint density at radius 3 is 2.54 bits per heavy atom. The minimum absolute atomic E-state index is 0.0242. The molecular weight excluding hydrogens is 627 g/mol. The second kappa shape index (κ2) is 11.6. The molecule has 1 N–H and O–H groups in total. The number of benzene rings is 1. The van der Waals surface area contributed by atoms with Crippen LogP contribution in [0.5, 0.6) is 5.88 Å². The number of alkyl halides is 3. The fraction of sp³-hybridized carbons (Fsp3) is 0.419. The molecule has 0 radical (unpaired) electrons. The van der Waals surface area contributed by atoms with Crippen molar-refractivity contribution in [3.05, 3.63) is 81.9 Å². The molecule has 0 aliphatic carbocycles. The monoisotopic (exact) mass is 659 g/mol. The summed E-state index contributed by atoms with van der Waals surface area (Å²) in [4.78, 5) is 16.4. The smallest absolute Gasteiger partial charge is 0.452 e. The number of carboxylic acid groups (broad SMARTS) is 1. The topological polar surface area (TPSA) is 136 Å². The zero-order chi connectivity index (χ0) is 33.0. The molecule has 46 heavy (non-hydrogen) atoms. The number of pyridine rings is 2. The van der Waals surface area contributed by atoms with Gasteiger partial charge >= 0.3 is 12.1 Å². The number of fused-ring (bicyclic) bond motifs is 2. The number of aliphatic carboxylic acids is 1. The van der Waals surface area contributed by atoms with E-state index in [1.54, 1.807) is 44.3 Å². The first-order valence-corrected chi connectivity index (χ1v) is 16.1. The summed E-state index contributed by atoms with van der Waals surface area (Å²) in [5, 5.41) is 16.9. The van der Waals surface area contributed by atoms with Crippen molar-refractivity contribution >= 4 is 21.6 Å². The van der Waals surface area contributed by atoms with E-state index in [0.29, 0.717) is 53.9 Å². The van der Waals surface area contributed by atoms with Crippen LogP contribution in [-0.4, -0.2) is 68.7 Å². The first-order valence-electron chi connectivity index (χ1n) is 14.6. The molecule has 1 spiro atoms. The number of carboxylic acids is 1. The van der Waals surface area contributed by atoms with E-state index in [9.17, 15) is 31.5 Å². The second-order valence-electron chi connectivity index (χ2n) is 11.9. The van der Waals surface area contributed by atoms with Gasteiger partial charge in [0.2, 0.25) is 21.7 Å². The van der Waals surface area contributed by atoms with Gasteiger partial charge in [-0.3, -0.25) is 9.20 Å². The summed E-state index contributed by atoms with van der Waals surface area (Å²) in [6.07, 6.45) is -1.40. The number of sulfonamides is 1. The van der Waals surface area contributed by atoms with Crippen LogP contribution < -0.4 is 4.74 Å². The summed E-state index contributed by atoms with van der Waals surface area (Å²) >= 11 is 0. The highest BCUT2D eigenvalue weighted by Crippen LogP contribution is 2.40. The van der Waals surface area contributed by atoms with Gasteiger partial charge in [0, 0.05) is 37.7 Å². The number of hydrogen-bond acceptors (Lipinski definition) is 8. The number of halogens is 3. The number of aryl methyl sites for hydroxylation is 3. The third-order valence-corrected chi connectivity index (χ3v) is 10.5. The van der Waals surface area contributed by atoms with E-state index >= 15 is 0 Å². The van der Waals surface area contributed by atoms with Gasteiger partial charge < -0.3 is 14.6 Å². The number of carbonyl (C=O) groups is 1. The van der Waals surface area contributed by atoms with Crippen molar-refractivity contribution in [1.29, 1.82) is 0 Å². The maximum atomic E-state index is 14.1. The van der Waals surface area contributed by atoms with Crippen LogP contribution in [0, 0.1) is 20.8 Å². The van der Waals surface area contributed by atoms with Gasteiger partial charge in [-0.2, -0.15) is 17.5 Å². The quantitative estimate of drug-likeness (QED) is 0.309.